The Labute approximate surface area is 530 Å². The van der Waals surface area contributed by atoms with E-state index in [2.05, 4.69) is 20.7 Å². The molecule has 2 amide bonds. The third-order valence-corrected chi connectivity index (χ3v) is 19.8. The number of nitrogens with one attached hydrogen (secondary N) is 1. The van der Waals surface area contributed by atoms with E-state index >= 15 is 0 Å². The van der Waals surface area contributed by atoms with E-state index < -0.39 is 113 Å². The van der Waals surface area contributed by atoms with E-state index in [-0.39, 0.29) is 102 Å². The minimum Gasteiger partial charge on any atom is -0.493 e. The smallest absolute Gasteiger partial charge is 0.432 e. The average Bonchev–Trinajstić information content (AvgIpc) is 1.51. The Balaban J connectivity index is 0.000000152. The van der Waals surface area contributed by atoms with Gasteiger partial charge in [0.15, 0.2) is 9.74 Å². The molecule has 32 heteroatoms. The van der Waals surface area contributed by atoms with Crippen molar-refractivity contribution in [3.63, 3.8) is 0 Å². The average molecular weight is 1340 g/mol. The summed E-state index contributed by atoms with van der Waals surface area (Å²) in [7, 11) is 0. The van der Waals surface area contributed by atoms with E-state index in [0.717, 1.165) is 106 Å². The van der Waals surface area contributed by atoms with Gasteiger partial charge in [-0.05, 0) is 136 Å². The summed E-state index contributed by atoms with van der Waals surface area (Å²) in [6.45, 7) is 3.03. The lowest BCUT2D eigenvalue weighted by molar-refractivity contribution is -0.482. The van der Waals surface area contributed by atoms with Gasteiger partial charge in [-0.3, -0.25) is 25.7 Å². The standard InChI is InChI=1S/C21H18F3N3O5S.C21H20F3N3O3S.C18H14F3N3O3S/c1-2-31-20(28)27-21(33-19(25-27)15-9-13(22)3-5-17(15)24)12(7-8-26(29)30)11-32-18-6-4-14(23)10-16(18)21;1-2-29-20(28)27-21(31-19(26-27)15-9-13(22)3-5-17(15)24)12(7-8-25)11-30-18-6-4-14(23)10-16(18)21;19-11-1-3-15(21)13(7-11)17-22-23-18(28-17)10(5-6-24(25)26)9-27-16-4-2-12(20)8-14(16)18/h3-6,9-10,12H,2,7-8,11H2,1H3;3-6,9-10,12H,2,7-8,11,25H2,1H3;1-4,7-8,10,23H,5-6,9H2. The van der Waals surface area contributed by atoms with Crippen molar-refractivity contribution in [3.8, 4) is 17.2 Å². The molecule has 0 radical (unpaired) electrons. The molecule has 3 N–H and O–H groups in total. The largest absolute Gasteiger partial charge is 0.493 e. The summed E-state index contributed by atoms with van der Waals surface area (Å²) in [6.07, 6.45) is -1.22. The van der Waals surface area contributed by atoms with Crippen LogP contribution in [0.25, 0.3) is 0 Å². The number of hydrazone groups is 3. The fourth-order valence-corrected chi connectivity index (χ4v) is 15.5. The van der Waals surface area contributed by atoms with E-state index in [1.165, 1.54) is 48.5 Å². The third kappa shape index (κ3) is 13.0. The van der Waals surface area contributed by atoms with Crippen molar-refractivity contribution in [1.29, 1.82) is 0 Å². The maximum Gasteiger partial charge on any atom is 0.432 e. The summed E-state index contributed by atoms with van der Waals surface area (Å²) in [5.74, 6) is -6.40. The molecule has 6 aromatic rings. The SMILES string of the molecule is CCOC(=O)N1N=C(c2cc(F)ccc2F)SC12c1cc(F)ccc1OCC2CCN.CCOC(=O)N1N=C(c2cc(F)ccc2F)SC12c1cc(F)ccc1OCC2CC[N+](=O)[O-].O=[N+]([O-])CCC1COc2ccc(F)cc2C12NN=C(c1cc(F)ccc1F)S2. The maximum atomic E-state index is 14.6. The zero-order valence-corrected chi connectivity index (χ0v) is 50.7. The first-order valence-electron chi connectivity index (χ1n) is 28.2. The number of hydrogen-bond donors (Lipinski definition) is 2. The van der Waals surface area contributed by atoms with Gasteiger partial charge in [0.05, 0.1) is 33.0 Å². The fraction of sp³-hybridized carbons (Fsp3) is 0.317. The second-order valence-electron chi connectivity index (χ2n) is 20.9. The fourth-order valence-electron chi connectivity index (χ4n) is 11.1. The number of nitrogens with zero attached hydrogens (tertiary/aromatic N) is 7. The Morgan fingerprint density at radius 3 is 1.32 bits per heavy atom. The first kappa shape index (κ1) is 66.2. The van der Waals surface area contributed by atoms with Crippen LogP contribution >= 0.6 is 35.3 Å². The van der Waals surface area contributed by atoms with Crippen LogP contribution in [-0.2, 0) is 24.1 Å². The summed E-state index contributed by atoms with van der Waals surface area (Å²) in [5.41, 5.74) is 9.35. The number of benzene rings is 6. The molecule has 6 unspecified atom stereocenters. The predicted molar refractivity (Wildman–Crippen MR) is 320 cm³/mol. The number of hydrogen-bond acceptors (Lipinski definition) is 19. The van der Waals surface area contributed by atoms with Crippen molar-refractivity contribution in [2.45, 2.75) is 47.7 Å². The van der Waals surface area contributed by atoms with Gasteiger partial charge in [-0.25, -0.2) is 49.1 Å². The van der Waals surface area contributed by atoms with Crippen molar-refractivity contribution < 1.29 is 82.6 Å². The summed E-state index contributed by atoms with van der Waals surface area (Å²) in [5, 5.41) is 36.9. The van der Waals surface area contributed by atoms with Crippen LogP contribution in [0.2, 0.25) is 0 Å². The topological polar surface area (TPSA) is 248 Å². The number of carbonyl (C=O) groups excluding carboxylic acids is 2. The number of rotatable bonds is 13. The van der Waals surface area contributed by atoms with Crippen LogP contribution in [0.1, 0.15) is 66.5 Å². The van der Waals surface area contributed by atoms with Crippen LogP contribution < -0.4 is 25.4 Å². The highest BCUT2D eigenvalue weighted by atomic mass is 32.2. The molecule has 0 aliphatic carbocycles. The Kier molecular flexibility index (Phi) is 19.9. The highest BCUT2D eigenvalue weighted by Crippen LogP contribution is 2.60. The van der Waals surface area contributed by atoms with Crippen molar-refractivity contribution in [3.05, 3.63) is 215 Å². The number of nitrogens with two attached hydrogens (primary N) is 1. The van der Waals surface area contributed by atoms with Crippen LogP contribution in [-0.4, -0.2) is 99.9 Å². The number of halogens is 9. The number of nitro groups is 2. The zero-order valence-electron chi connectivity index (χ0n) is 48.2. The molecule has 20 nitrogen and oxygen atoms in total. The Morgan fingerprint density at radius 2 is 0.902 bits per heavy atom. The lowest BCUT2D eigenvalue weighted by Crippen LogP contribution is -2.51. The van der Waals surface area contributed by atoms with Gasteiger partial charge in [0.25, 0.3) is 0 Å². The molecule has 6 aliphatic rings. The molecular formula is C60H52F9N9O11S3. The quantitative estimate of drug-likeness (QED) is 0.0620. The minimum absolute atomic E-state index is 0.0126. The van der Waals surface area contributed by atoms with E-state index in [1.54, 1.807) is 13.8 Å². The van der Waals surface area contributed by atoms with E-state index in [4.69, 9.17) is 29.4 Å². The second-order valence-corrected chi connectivity index (χ2v) is 24.5. The van der Waals surface area contributed by atoms with Crippen LogP contribution in [0.3, 0.4) is 0 Å². The van der Waals surface area contributed by atoms with Crippen molar-refractivity contribution in [2.75, 3.05) is 52.7 Å². The van der Waals surface area contributed by atoms with Crippen LogP contribution in [0.15, 0.2) is 124 Å². The second kappa shape index (κ2) is 27.6. The Bertz CT molecular complexity index is 3980. The molecule has 6 heterocycles. The summed E-state index contributed by atoms with van der Waals surface area (Å²) < 4.78 is 155. The monoisotopic (exact) mass is 1340 g/mol. The van der Waals surface area contributed by atoms with E-state index in [1.807, 2.05) is 0 Å². The molecule has 92 heavy (non-hydrogen) atoms. The summed E-state index contributed by atoms with van der Waals surface area (Å²) in [4.78, 5) is 43.0. The Morgan fingerprint density at radius 1 is 0.543 bits per heavy atom. The molecule has 0 fully saturated rings. The number of amides is 2. The number of thioether (sulfide) groups is 3. The highest BCUT2D eigenvalue weighted by molar-refractivity contribution is 8.16. The summed E-state index contributed by atoms with van der Waals surface area (Å²) in [6, 6.07) is 20.5. The van der Waals surface area contributed by atoms with Gasteiger partial charge in [0, 0.05) is 73.8 Å². The molecular weight excluding hydrogens is 1290 g/mol. The molecule has 0 aromatic heterocycles. The van der Waals surface area contributed by atoms with E-state index in [0.29, 0.717) is 29.0 Å². The van der Waals surface area contributed by atoms with Gasteiger partial charge in [-0.1, -0.05) is 35.3 Å². The van der Waals surface area contributed by atoms with Crippen LogP contribution in [0, 0.1) is 90.3 Å². The number of ether oxygens (including phenoxy) is 5. The van der Waals surface area contributed by atoms with Crippen molar-refractivity contribution in [1.82, 2.24) is 15.4 Å². The highest BCUT2D eigenvalue weighted by Gasteiger charge is 2.60. The molecule has 12 rings (SSSR count). The van der Waals surface area contributed by atoms with Gasteiger partial charge >= 0.3 is 12.2 Å². The molecule has 3 spiro atoms. The normalized spacial score (nSPS) is 22.1. The lowest BCUT2D eigenvalue weighted by atomic mass is 9.86. The first-order chi connectivity index (χ1) is 44.0. The third-order valence-electron chi connectivity index (χ3n) is 15.3. The molecule has 0 bridgehead atoms. The number of carbonyl (C=O) groups is 2. The molecule has 0 saturated carbocycles. The lowest BCUT2D eigenvalue weighted by Gasteiger charge is -2.44. The summed E-state index contributed by atoms with van der Waals surface area (Å²) >= 11 is 3.00. The van der Waals surface area contributed by atoms with Gasteiger partial charge in [0.2, 0.25) is 13.1 Å². The minimum atomic E-state index is -1.54. The van der Waals surface area contributed by atoms with Gasteiger partial charge in [-0.2, -0.15) is 25.3 Å². The zero-order chi connectivity index (χ0) is 65.8. The van der Waals surface area contributed by atoms with Gasteiger partial charge in [0.1, 0.15) is 89.6 Å². The predicted octanol–water partition coefficient (Wildman–Crippen LogP) is 12.3. The Hall–Kier alpha value is -8.75. The first-order valence-corrected chi connectivity index (χ1v) is 30.6. The van der Waals surface area contributed by atoms with Crippen molar-refractivity contribution in [2.24, 2.45) is 38.8 Å². The molecule has 484 valence electrons. The van der Waals surface area contributed by atoms with Gasteiger partial charge < -0.3 is 29.4 Å². The molecule has 6 aromatic carbocycles. The van der Waals surface area contributed by atoms with Crippen molar-refractivity contribution >= 4 is 62.6 Å². The molecule has 6 aliphatic heterocycles. The van der Waals surface area contributed by atoms with E-state index in [9.17, 15) is 69.3 Å². The van der Waals surface area contributed by atoms with Crippen LogP contribution in [0.5, 0.6) is 17.2 Å². The number of fused-ring (bicyclic) bond motifs is 6. The molecule has 0 saturated heterocycles. The molecule has 6 atom stereocenters. The van der Waals surface area contributed by atoms with Gasteiger partial charge in [-0.15, -0.1) is 0 Å². The maximum absolute atomic E-state index is 14.6. The van der Waals surface area contributed by atoms with Crippen LogP contribution in [0.4, 0.5) is 49.1 Å².